The van der Waals surface area contributed by atoms with Gasteiger partial charge >= 0.3 is 0 Å². The van der Waals surface area contributed by atoms with Crippen LogP contribution in [0.15, 0.2) is 53.5 Å². The maximum atomic E-state index is 15.1. The van der Waals surface area contributed by atoms with E-state index in [0.29, 0.717) is 62.1 Å². The number of phenolic OH excluding ortho intramolecular Hbond substituents is 1. The van der Waals surface area contributed by atoms with E-state index in [9.17, 15) is 48.3 Å². The normalized spacial score (nSPS) is 22.5. The molecule has 1 saturated carbocycles. The zero-order valence-electron chi connectivity index (χ0n) is 48.7. The van der Waals surface area contributed by atoms with Crippen LogP contribution in [0.1, 0.15) is 122 Å². The number of likely N-dealkylation sites (tertiary alicyclic amines) is 1. The van der Waals surface area contributed by atoms with Crippen molar-refractivity contribution in [3.8, 4) is 11.5 Å². The maximum absolute atomic E-state index is 15.1. The molecule has 3 aliphatic rings. The fraction of sp³-hybridized carbons (Fsp3) is 0.596. The molecule has 468 valence electrons. The second-order valence-electron chi connectivity index (χ2n) is 22.1. The number of hydrogen-bond acceptors (Lipinski definition) is 16. The molecule has 10 amide bonds. The molecular weight excluding hydrogens is 1140 g/mol. The van der Waals surface area contributed by atoms with Crippen molar-refractivity contribution in [3.63, 3.8) is 0 Å². The SMILES string of the molecule is CCOc1ccc(CC2NC(=O)CC3(CCCCC3)SSCC(C(=O)N3CCC[C@H]3C(=O)N[C@@H](CCCN=C(N)N)C(=O)N[C@@H](Cc3ccc(O)cc3)C(N)=O)NC(=O)[C@H](CC(N)=O)NC(=O)[C@H](C(C)C)NC(=O)C(CCCCN)NC2=O)cc1. The Morgan fingerprint density at radius 3 is 2.07 bits per heavy atom. The number of primary amides is 2. The molecule has 2 aromatic rings. The summed E-state index contributed by atoms with van der Waals surface area (Å²) in [5.41, 5.74) is 29.6. The van der Waals surface area contributed by atoms with Gasteiger partial charge in [-0.15, -0.1) is 0 Å². The minimum atomic E-state index is -1.67. The minimum absolute atomic E-state index is 0.0139. The van der Waals surface area contributed by atoms with E-state index in [4.69, 9.17) is 33.4 Å². The molecule has 1 spiro atoms. The van der Waals surface area contributed by atoms with Crippen LogP contribution in [-0.2, 0) is 60.8 Å². The van der Waals surface area contributed by atoms with Gasteiger partial charge in [-0.05, 0) is 113 Å². The number of benzene rings is 2. The lowest BCUT2D eigenvalue weighted by molar-refractivity contribution is -0.142. The van der Waals surface area contributed by atoms with Crippen LogP contribution in [0, 0.1) is 5.92 Å². The predicted molar refractivity (Wildman–Crippen MR) is 323 cm³/mol. The van der Waals surface area contributed by atoms with E-state index in [-0.39, 0.29) is 75.5 Å². The molecule has 3 unspecified atom stereocenters. The number of nitrogens with two attached hydrogens (primary N) is 5. The van der Waals surface area contributed by atoms with Crippen molar-refractivity contribution < 1.29 is 57.8 Å². The van der Waals surface area contributed by atoms with Crippen LogP contribution in [0.25, 0.3) is 0 Å². The lowest BCUT2D eigenvalue weighted by Crippen LogP contribution is -2.61. The van der Waals surface area contributed by atoms with E-state index in [1.54, 1.807) is 50.2 Å². The number of hydrogen-bond donors (Lipinski definition) is 13. The van der Waals surface area contributed by atoms with E-state index in [0.717, 1.165) is 19.3 Å². The first kappa shape index (κ1) is 68.5. The van der Waals surface area contributed by atoms with E-state index in [1.807, 2.05) is 6.92 Å². The molecule has 2 aliphatic heterocycles. The molecule has 2 aromatic carbocycles. The Labute approximate surface area is 503 Å². The van der Waals surface area contributed by atoms with Gasteiger partial charge in [-0.25, -0.2) is 0 Å². The molecule has 5 rings (SSSR count). The van der Waals surface area contributed by atoms with Gasteiger partial charge in [-0.3, -0.25) is 52.9 Å². The highest BCUT2D eigenvalue weighted by atomic mass is 33.1. The van der Waals surface area contributed by atoms with Gasteiger partial charge in [0.05, 0.1) is 13.0 Å². The van der Waals surface area contributed by atoms with Crippen molar-refractivity contribution in [1.82, 2.24) is 42.1 Å². The van der Waals surface area contributed by atoms with Crippen molar-refractivity contribution in [2.75, 3.05) is 32.0 Å². The van der Waals surface area contributed by atoms with Gasteiger partial charge in [-0.1, -0.05) is 79.0 Å². The smallest absolute Gasteiger partial charge is 0.246 e. The lowest BCUT2D eigenvalue weighted by Gasteiger charge is -2.37. The van der Waals surface area contributed by atoms with E-state index < -0.39 is 124 Å². The minimum Gasteiger partial charge on any atom is -0.508 e. The van der Waals surface area contributed by atoms with Crippen molar-refractivity contribution in [2.24, 2.45) is 39.6 Å². The fourth-order valence-electron chi connectivity index (χ4n) is 10.4. The van der Waals surface area contributed by atoms with Gasteiger partial charge in [0, 0.05) is 42.9 Å². The molecule has 2 heterocycles. The molecule has 28 heteroatoms. The molecule has 8 atom stereocenters. The highest BCUT2D eigenvalue weighted by Gasteiger charge is 2.43. The van der Waals surface area contributed by atoms with Crippen LogP contribution in [0.5, 0.6) is 11.5 Å². The molecule has 0 bridgehead atoms. The third kappa shape index (κ3) is 21.9. The highest BCUT2D eigenvalue weighted by molar-refractivity contribution is 8.77. The summed E-state index contributed by atoms with van der Waals surface area (Å²) in [7, 11) is 2.57. The summed E-state index contributed by atoms with van der Waals surface area (Å²) >= 11 is 0. The van der Waals surface area contributed by atoms with Crippen molar-refractivity contribution in [2.45, 2.75) is 177 Å². The zero-order valence-corrected chi connectivity index (χ0v) is 50.3. The number of guanidine groups is 1. The van der Waals surface area contributed by atoms with Crippen LogP contribution >= 0.6 is 21.6 Å². The molecule has 1 aliphatic carbocycles. The maximum Gasteiger partial charge on any atom is 0.246 e. The number of rotatable bonds is 23. The van der Waals surface area contributed by atoms with Gasteiger partial charge in [0.2, 0.25) is 59.1 Å². The second kappa shape index (κ2) is 34.0. The summed E-state index contributed by atoms with van der Waals surface area (Å²) in [5, 5.41) is 29.0. The zero-order chi connectivity index (χ0) is 62.2. The predicted octanol–water partition coefficient (Wildman–Crippen LogP) is -0.352. The van der Waals surface area contributed by atoms with Crippen molar-refractivity contribution >= 4 is 86.6 Å². The van der Waals surface area contributed by atoms with Gasteiger partial charge in [0.15, 0.2) is 5.96 Å². The Bertz CT molecular complexity index is 2660. The van der Waals surface area contributed by atoms with Crippen molar-refractivity contribution in [1.29, 1.82) is 0 Å². The topological polar surface area (TPSA) is 430 Å². The van der Waals surface area contributed by atoms with Crippen LogP contribution in [0.4, 0.5) is 0 Å². The molecule has 3 fully saturated rings. The standard InChI is InChI=1S/C57H86N14O12S2/c1-4-83-37-21-17-35(18-22-37)29-41-51(78)65-38(12-6-9-25-58)50(77)70-47(33(2)3)54(81)68-42(30-45(59)73)52(79)69-43(32-84-85-57(31-46(74)64-41)23-7-5-8-24-57)55(82)71-27-11-14-44(71)53(80)66-39(13-10-26-63-56(61)62)49(76)67-40(48(60)75)28-34-15-19-36(72)20-16-34/h15-22,33,38-44,47,72H,4-14,23-32,58H2,1-3H3,(H2,59,73)(H2,60,75)(H,64,74)(H,65,78)(H,66,80)(H,67,76)(H,68,81)(H,69,79)(H,70,77)(H4,61,62,63)/t38?,39-,40-,41?,42-,43?,44-,47-/m0/s1. The summed E-state index contributed by atoms with van der Waals surface area (Å²) in [6.07, 6.45) is 4.48. The van der Waals surface area contributed by atoms with Crippen LogP contribution in [0.2, 0.25) is 0 Å². The third-order valence-electron chi connectivity index (χ3n) is 15.0. The first-order chi connectivity index (χ1) is 40.5. The number of phenols is 1. The van der Waals surface area contributed by atoms with Gasteiger partial charge in [0.25, 0.3) is 0 Å². The third-order valence-corrected chi connectivity index (χ3v) is 18.3. The highest BCUT2D eigenvalue weighted by Crippen LogP contribution is 2.48. The Balaban J connectivity index is 1.49. The molecule has 2 saturated heterocycles. The number of amides is 10. The second-order valence-corrected chi connectivity index (χ2v) is 24.9. The van der Waals surface area contributed by atoms with Gasteiger partial charge in [0.1, 0.15) is 59.8 Å². The Kier molecular flexibility index (Phi) is 27.4. The number of nitrogens with one attached hydrogen (secondary N) is 7. The van der Waals surface area contributed by atoms with E-state index in [2.05, 4.69) is 42.2 Å². The average molecular weight is 1220 g/mol. The molecule has 0 aromatic heterocycles. The lowest BCUT2D eigenvalue weighted by atomic mass is 9.85. The summed E-state index contributed by atoms with van der Waals surface area (Å²) in [6, 6.07) is 2.49. The first-order valence-electron chi connectivity index (χ1n) is 29.1. The largest absolute Gasteiger partial charge is 0.508 e. The van der Waals surface area contributed by atoms with Gasteiger partial charge in [-0.2, -0.15) is 0 Å². The first-order valence-corrected chi connectivity index (χ1v) is 31.4. The van der Waals surface area contributed by atoms with E-state index >= 15 is 4.79 Å². The number of unbranched alkanes of at least 4 members (excludes halogenated alkanes) is 1. The summed E-state index contributed by atoms with van der Waals surface area (Å²) in [4.78, 5) is 147. The summed E-state index contributed by atoms with van der Waals surface area (Å²) < 4.78 is 4.90. The number of aliphatic imine (C=N–C) groups is 1. The van der Waals surface area contributed by atoms with Gasteiger partial charge < -0.3 is 80.6 Å². The molecule has 85 heavy (non-hydrogen) atoms. The Morgan fingerprint density at radius 2 is 1.44 bits per heavy atom. The number of ether oxygens (including phenoxy) is 1. The monoisotopic (exact) mass is 1220 g/mol. The molecule has 18 N–H and O–H groups in total. The number of nitrogens with zero attached hydrogens (tertiary/aromatic N) is 2. The summed E-state index contributed by atoms with van der Waals surface area (Å²) in [6.45, 7) is 5.99. The molecular formula is C57H86N14O12S2. The fourth-order valence-corrected chi connectivity index (χ4v) is 13.8. The average Bonchev–Trinajstić information content (AvgIpc) is 3.92. The Hall–Kier alpha value is -7.33. The number of aromatic hydroxyl groups is 1. The van der Waals surface area contributed by atoms with Crippen LogP contribution in [0.3, 0.4) is 0 Å². The van der Waals surface area contributed by atoms with Crippen LogP contribution in [-0.4, -0.2) is 160 Å². The molecule has 26 nitrogen and oxygen atoms in total. The number of carbonyl (C=O) groups is 10. The number of carbonyl (C=O) groups excluding carboxylic acids is 10. The molecule has 0 radical (unpaired) electrons. The van der Waals surface area contributed by atoms with Crippen LogP contribution < -0.4 is 70.6 Å². The van der Waals surface area contributed by atoms with E-state index in [1.165, 1.54) is 38.6 Å². The summed E-state index contributed by atoms with van der Waals surface area (Å²) in [5.74, 6) is -8.13. The van der Waals surface area contributed by atoms with Crippen molar-refractivity contribution in [3.05, 3.63) is 59.7 Å². The Morgan fingerprint density at radius 1 is 0.776 bits per heavy atom. The quantitative estimate of drug-likeness (QED) is 0.0293.